The Morgan fingerprint density at radius 2 is 1.74 bits per heavy atom. The molecule has 0 saturated heterocycles. The van der Waals surface area contributed by atoms with Gasteiger partial charge < -0.3 is 5.32 Å². The summed E-state index contributed by atoms with van der Waals surface area (Å²) < 4.78 is 38.1. The normalized spacial score (nSPS) is 13.1. The van der Waals surface area contributed by atoms with Crippen molar-refractivity contribution in [3.05, 3.63) is 17.0 Å². The third kappa shape index (κ3) is 5.22. The molecule has 0 atom stereocenters. The molecule has 1 aromatic heterocycles. The molecular formula is C13H22F3N3. The second kappa shape index (κ2) is 5.53. The lowest BCUT2D eigenvalue weighted by molar-refractivity contribution is -0.137. The van der Waals surface area contributed by atoms with E-state index < -0.39 is 12.6 Å². The minimum Gasteiger partial charge on any atom is -0.308 e. The third-order valence-corrected chi connectivity index (χ3v) is 2.93. The first-order valence-corrected chi connectivity index (χ1v) is 6.34. The molecular weight excluding hydrogens is 255 g/mol. The standard InChI is InChI=1S/C13H22F3N3/c1-9-11(8-17-12(3,4)5)10(2)19(18-9)7-6-13(14,15)16/h17H,6-8H2,1-5H3. The molecule has 1 N–H and O–H groups in total. The van der Waals surface area contributed by atoms with Gasteiger partial charge in [-0.2, -0.15) is 18.3 Å². The van der Waals surface area contributed by atoms with E-state index in [1.807, 2.05) is 34.6 Å². The number of aromatic nitrogens is 2. The van der Waals surface area contributed by atoms with Crippen molar-refractivity contribution in [1.82, 2.24) is 15.1 Å². The summed E-state index contributed by atoms with van der Waals surface area (Å²) in [5.41, 5.74) is 2.54. The summed E-state index contributed by atoms with van der Waals surface area (Å²) in [5, 5.41) is 7.52. The SMILES string of the molecule is Cc1nn(CCC(F)(F)F)c(C)c1CNC(C)(C)C. The molecule has 0 unspecified atom stereocenters. The third-order valence-electron chi connectivity index (χ3n) is 2.93. The highest BCUT2D eigenvalue weighted by Gasteiger charge is 2.27. The molecule has 0 amide bonds. The first-order chi connectivity index (χ1) is 8.49. The average molecular weight is 277 g/mol. The maximum atomic E-state index is 12.2. The molecule has 0 saturated carbocycles. The van der Waals surface area contributed by atoms with E-state index in [2.05, 4.69) is 10.4 Å². The molecule has 1 heterocycles. The lowest BCUT2D eigenvalue weighted by Gasteiger charge is -2.20. The van der Waals surface area contributed by atoms with Crippen LogP contribution in [0.4, 0.5) is 13.2 Å². The van der Waals surface area contributed by atoms with Crippen LogP contribution < -0.4 is 5.32 Å². The van der Waals surface area contributed by atoms with Crippen molar-refractivity contribution < 1.29 is 13.2 Å². The first kappa shape index (κ1) is 16.0. The van der Waals surface area contributed by atoms with Crippen LogP contribution in [0.25, 0.3) is 0 Å². The van der Waals surface area contributed by atoms with Crippen LogP contribution in [-0.4, -0.2) is 21.5 Å². The zero-order chi connectivity index (χ0) is 14.8. The monoisotopic (exact) mass is 277 g/mol. The fourth-order valence-corrected chi connectivity index (χ4v) is 1.79. The van der Waals surface area contributed by atoms with Crippen molar-refractivity contribution in [1.29, 1.82) is 0 Å². The molecule has 0 aliphatic rings. The van der Waals surface area contributed by atoms with Crippen LogP contribution in [0, 0.1) is 13.8 Å². The van der Waals surface area contributed by atoms with Crippen LogP contribution in [0.5, 0.6) is 0 Å². The van der Waals surface area contributed by atoms with E-state index in [0.29, 0.717) is 6.54 Å². The number of hydrogen-bond donors (Lipinski definition) is 1. The number of nitrogens with one attached hydrogen (secondary N) is 1. The van der Waals surface area contributed by atoms with Crippen molar-refractivity contribution >= 4 is 0 Å². The fraction of sp³-hybridized carbons (Fsp3) is 0.769. The van der Waals surface area contributed by atoms with Gasteiger partial charge in [0.2, 0.25) is 0 Å². The lowest BCUT2D eigenvalue weighted by atomic mass is 10.1. The molecule has 0 spiro atoms. The Morgan fingerprint density at radius 3 is 2.21 bits per heavy atom. The van der Waals surface area contributed by atoms with Gasteiger partial charge in [0.05, 0.1) is 12.1 Å². The van der Waals surface area contributed by atoms with Crippen LogP contribution in [-0.2, 0) is 13.1 Å². The first-order valence-electron chi connectivity index (χ1n) is 6.34. The average Bonchev–Trinajstić information content (AvgIpc) is 2.46. The second-order valence-corrected chi connectivity index (χ2v) is 5.84. The van der Waals surface area contributed by atoms with Crippen molar-refractivity contribution in [2.45, 2.75) is 65.8 Å². The van der Waals surface area contributed by atoms with E-state index in [4.69, 9.17) is 0 Å². The van der Waals surface area contributed by atoms with E-state index in [9.17, 15) is 13.2 Å². The van der Waals surface area contributed by atoms with Gasteiger partial charge in [0.25, 0.3) is 0 Å². The number of rotatable bonds is 4. The molecule has 0 fully saturated rings. The van der Waals surface area contributed by atoms with E-state index in [1.165, 1.54) is 4.68 Å². The number of aryl methyl sites for hydroxylation is 2. The molecule has 1 rings (SSSR count). The number of nitrogens with zero attached hydrogens (tertiary/aromatic N) is 2. The van der Waals surface area contributed by atoms with Crippen molar-refractivity contribution in [3.63, 3.8) is 0 Å². The quantitative estimate of drug-likeness (QED) is 0.914. The van der Waals surface area contributed by atoms with Crippen molar-refractivity contribution in [3.8, 4) is 0 Å². The largest absolute Gasteiger partial charge is 0.390 e. The van der Waals surface area contributed by atoms with Gasteiger partial charge >= 0.3 is 6.18 Å². The Bertz CT molecular complexity index is 428. The molecule has 6 heteroatoms. The fourth-order valence-electron chi connectivity index (χ4n) is 1.79. The summed E-state index contributed by atoms with van der Waals surface area (Å²) in [6.07, 6.45) is -4.99. The van der Waals surface area contributed by atoms with Crippen molar-refractivity contribution in [2.75, 3.05) is 0 Å². The number of halogens is 3. The van der Waals surface area contributed by atoms with Gasteiger partial charge in [0.15, 0.2) is 0 Å². The molecule has 0 radical (unpaired) electrons. The van der Waals surface area contributed by atoms with Gasteiger partial charge in [0, 0.05) is 29.9 Å². The van der Waals surface area contributed by atoms with Crippen LogP contribution in [0.15, 0.2) is 0 Å². The second-order valence-electron chi connectivity index (χ2n) is 5.84. The Labute approximate surface area is 112 Å². The molecule has 1 aromatic rings. The van der Waals surface area contributed by atoms with Gasteiger partial charge in [-0.1, -0.05) is 0 Å². The van der Waals surface area contributed by atoms with E-state index >= 15 is 0 Å². The summed E-state index contributed by atoms with van der Waals surface area (Å²) in [4.78, 5) is 0. The summed E-state index contributed by atoms with van der Waals surface area (Å²) in [7, 11) is 0. The summed E-state index contributed by atoms with van der Waals surface area (Å²) in [6.45, 7) is 10.3. The highest BCUT2D eigenvalue weighted by atomic mass is 19.4. The minimum absolute atomic E-state index is 0.0348. The highest BCUT2D eigenvalue weighted by Crippen LogP contribution is 2.22. The zero-order valence-corrected chi connectivity index (χ0v) is 12.1. The minimum atomic E-state index is -4.14. The molecule has 0 aromatic carbocycles. The predicted octanol–water partition coefficient (Wildman–Crippen LogP) is 3.34. The molecule has 0 aliphatic carbocycles. The van der Waals surface area contributed by atoms with Gasteiger partial charge in [-0.25, -0.2) is 0 Å². The molecule has 0 aliphatic heterocycles. The molecule has 3 nitrogen and oxygen atoms in total. The van der Waals surface area contributed by atoms with Gasteiger partial charge in [-0.05, 0) is 34.6 Å². The Hall–Kier alpha value is -1.04. The van der Waals surface area contributed by atoms with Crippen LogP contribution in [0.1, 0.15) is 44.1 Å². The maximum absolute atomic E-state index is 12.2. The summed E-state index contributed by atoms with van der Waals surface area (Å²) in [6, 6.07) is 0. The Balaban J connectivity index is 2.77. The number of alkyl halides is 3. The Kier molecular flexibility index (Phi) is 4.66. The van der Waals surface area contributed by atoms with E-state index in [0.717, 1.165) is 17.0 Å². The van der Waals surface area contributed by atoms with Gasteiger partial charge in [-0.15, -0.1) is 0 Å². The summed E-state index contributed by atoms with van der Waals surface area (Å²) >= 11 is 0. The summed E-state index contributed by atoms with van der Waals surface area (Å²) in [5.74, 6) is 0. The van der Waals surface area contributed by atoms with E-state index in [-0.39, 0.29) is 12.1 Å². The Morgan fingerprint density at radius 1 is 1.16 bits per heavy atom. The maximum Gasteiger partial charge on any atom is 0.390 e. The topological polar surface area (TPSA) is 29.9 Å². The predicted molar refractivity (Wildman–Crippen MR) is 69.0 cm³/mol. The van der Waals surface area contributed by atoms with Gasteiger partial charge in [-0.3, -0.25) is 4.68 Å². The lowest BCUT2D eigenvalue weighted by Crippen LogP contribution is -2.35. The highest BCUT2D eigenvalue weighted by molar-refractivity contribution is 5.24. The van der Waals surface area contributed by atoms with Crippen LogP contribution in [0.2, 0.25) is 0 Å². The van der Waals surface area contributed by atoms with Crippen LogP contribution in [0.3, 0.4) is 0 Å². The molecule has 0 bridgehead atoms. The zero-order valence-electron chi connectivity index (χ0n) is 12.1. The van der Waals surface area contributed by atoms with Gasteiger partial charge in [0.1, 0.15) is 0 Å². The van der Waals surface area contributed by atoms with Crippen LogP contribution >= 0.6 is 0 Å². The molecule has 19 heavy (non-hydrogen) atoms. The van der Waals surface area contributed by atoms with Crippen molar-refractivity contribution in [2.24, 2.45) is 0 Å². The number of hydrogen-bond acceptors (Lipinski definition) is 2. The van der Waals surface area contributed by atoms with E-state index in [1.54, 1.807) is 0 Å². The smallest absolute Gasteiger partial charge is 0.308 e. The molecule has 110 valence electrons.